The predicted molar refractivity (Wildman–Crippen MR) is 130 cm³/mol. The summed E-state index contributed by atoms with van der Waals surface area (Å²) in [5.74, 6) is 0.462. The van der Waals surface area contributed by atoms with Crippen LogP contribution in [0.4, 0.5) is 0 Å². The van der Waals surface area contributed by atoms with Crippen molar-refractivity contribution < 1.29 is 9.53 Å². The highest BCUT2D eigenvalue weighted by Gasteiger charge is 2.13. The highest BCUT2D eigenvalue weighted by atomic mass is 35.5. The molecule has 0 aliphatic rings. The highest BCUT2D eigenvalue weighted by Crippen LogP contribution is 2.26. The van der Waals surface area contributed by atoms with E-state index in [2.05, 4.69) is 34.2 Å². The molecule has 1 N–H and O–H groups in total. The van der Waals surface area contributed by atoms with Gasteiger partial charge in [-0.1, -0.05) is 41.9 Å². The first kappa shape index (κ1) is 21.7. The van der Waals surface area contributed by atoms with Gasteiger partial charge in [-0.3, -0.25) is 4.79 Å². The van der Waals surface area contributed by atoms with Gasteiger partial charge in [-0.25, -0.2) is 5.43 Å². The zero-order valence-electron chi connectivity index (χ0n) is 18.0. The predicted octanol–water partition coefficient (Wildman–Crippen LogP) is 5.81. The number of hydrogen-bond acceptors (Lipinski definition) is 3. The van der Waals surface area contributed by atoms with Gasteiger partial charge >= 0.3 is 0 Å². The molecule has 0 fully saturated rings. The number of amides is 1. The Labute approximate surface area is 192 Å². The van der Waals surface area contributed by atoms with Crippen LogP contribution in [0.3, 0.4) is 0 Å². The number of carbonyl (C=O) groups is 1. The van der Waals surface area contributed by atoms with E-state index in [-0.39, 0.29) is 5.91 Å². The van der Waals surface area contributed by atoms with E-state index in [4.69, 9.17) is 16.3 Å². The average Bonchev–Trinajstić information content (AvgIpc) is 3.07. The van der Waals surface area contributed by atoms with Crippen molar-refractivity contribution in [1.82, 2.24) is 9.99 Å². The largest absolute Gasteiger partial charge is 0.494 e. The quantitative estimate of drug-likeness (QED) is 0.288. The molecule has 4 rings (SSSR count). The van der Waals surface area contributed by atoms with Crippen LogP contribution in [0.25, 0.3) is 10.9 Å². The molecule has 3 aromatic carbocycles. The maximum Gasteiger partial charge on any atom is 0.271 e. The normalized spacial score (nSPS) is 11.2. The van der Waals surface area contributed by atoms with E-state index in [1.54, 1.807) is 30.5 Å². The van der Waals surface area contributed by atoms with Gasteiger partial charge in [-0.2, -0.15) is 5.10 Å². The first-order valence-corrected chi connectivity index (χ1v) is 10.8. The Balaban J connectivity index is 1.56. The average molecular weight is 446 g/mol. The second-order valence-corrected chi connectivity index (χ2v) is 7.82. The van der Waals surface area contributed by atoms with Gasteiger partial charge in [0, 0.05) is 39.3 Å². The lowest BCUT2D eigenvalue weighted by Crippen LogP contribution is -2.17. The molecule has 5 nitrogen and oxygen atoms in total. The van der Waals surface area contributed by atoms with Crippen LogP contribution < -0.4 is 10.2 Å². The summed E-state index contributed by atoms with van der Waals surface area (Å²) in [5.41, 5.74) is 7.45. The summed E-state index contributed by atoms with van der Waals surface area (Å²) < 4.78 is 7.66. The molecular formula is C26H24ClN3O2. The maximum atomic E-state index is 12.4. The van der Waals surface area contributed by atoms with Crippen LogP contribution in [0.15, 0.2) is 77.9 Å². The van der Waals surface area contributed by atoms with Crippen molar-refractivity contribution in [3.05, 3.63) is 100 Å². The number of ether oxygens (including phenoxy) is 1. The number of halogens is 1. The molecule has 0 aliphatic heterocycles. The Hall–Kier alpha value is -3.57. The fourth-order valence-corrected chi connectivity index (χ4v) is 3.81. The van der Waals surface area contributed by atoms with Crippen molar-refractivity contribution >= 4 is 34.6 Å². The topological polar surface area (TPSA) is 55.6 Å². The van der Waals surface area contributed by atoms with Crippen LogP contribution in [0.1, 0.15) is 34.1 Å². The van der Waals surface area contributed by atoms with Crippen molar-refractivity contribution in [3.63, 3.8) is 0 Å². The maximum absolute atomic E-state index is 12.4. The van der Waals surface area contributed by atoms with E-state index in [1.807, 2.05) is 43.3 Å². The van der Waals surface area contributed by atoms with Crippen LogP contribution >= 0.6 is 11.6 Å². The van der Waals surface area contributed by atoms with Crippen LogP contribution in [0.2, 0.25) is 5.02 Å². The fourth-order valence-electron chi connectivity index (χ4n) is 3.69. The molecule has 1 amide bonds. The number of hydrazone groups is 1. The second-order valence-electron chi connectivity index (χ2n) is 7.39. The van der Waals surface area contributed by atoms with Crippen LogP contribution in [-0.2, 0) is 6.54 Å². The zero-order valence-corrected chi connectivity index (χ0v) is 18.8. The van der Waals surface area contributed by atoms with E-state index in [9.17, 15) is 4.79 Å². The SMILES string of the molecule is CCOc1ccc(C(=O)N/N=C\c2c(C)n(Cc3ccc(Cl)cc3)c3ccccc23)cc1. The van der Waals surface area contributed by atoms with Crippen LogP contribution in [-0.4, -0.2) is 23.3 Å². The third kappa shape index (κ3) is 4.68. The van der Waals surface area contributed by atoms with E-state index in [0.29, 0.717) is 12.2 Å². The molecule has 0 atom stereocenters. The minimum absolute atomic E-state index is 0.271. The van der Waals surface area contributed by atoms with Gasteiger partial charge in [0.05, 0.1) is 12.8 Å². The first-order chi connectivity index (χ1) is 15.6. The number of carbonyl (C=O) groups excluding carboxylic acids is 1. The van der Waals surface area contributed by atoms with Gasteiger partial charge in [0.1, 0.15) is 5.75 Å². The number of nitrogens with one attached hydrogen (secondary N) is 1. The molecule has 1 heterocycles. The molecular weight excluding hydrogens is 422 g/mol. The van der Waals surface area contributed by atoms with Crippen molar-refractivity contribution in [1.29, 1.82) is 0 Å². The molecule has 0 radical (unpaired) electrons. The Morgan fingerprint density at radius 3 is 2.50 bits per heavy atom. The fraction of sp³-hybridized carbons (Fsp3) is 0.154. The molecule has 32 heavy (non-hydrogen) atoms. The molecule has 0 spiro atoms. The summed E-state index contributed by atoms with van der Waals surface area (Å²) >= 11 is 6.03. The van der Waals surface area contributed by atoms with Crippen molar-refractivity contribution in [2.24, 2.45) is 5.10 Å². The number of rotatable bonds is 7. The Bertz CT molecular complexity index is 1260. The van der Waals surface area contributed by atoms with E-state index in [1.165, 1.54) is 0 Å². The number of fused-ring (bicyclic) bond motifs is 1. The Morgan fingerprint density at radius 1 is 1.06 bits per heavy atom. The van der Waals surface area contributed by atoms with Gasteiger partial charge in [0.15, 0.2) is 0 Å². The van der Waals surface area contributed by atoms with Gasteiger partial charge < -0.3 is 9.30 Å². The van der Waals surface area contributed by atoms with Crippen molar-refractivity contribution in [2.75, 3.05) is 6.61 Å². The lowest BCUT2D eigenvalue weighted by molar-refractivity contribution is 0.0955. The number of para-hydroxylation sites is 1. The molecule has 0 unspecified atom stereocenters. The standard InChI is InChI=1S/C26H24ClN3O2/c1-3-32-22-14-10-20(11-15-22)26(31)29-28-16-24-18(2)30(25-7-5-4-6-23(24)25)17-19-8-12-21(27)13-9-19/h4-16H,3,17H2,1-2H3,(H,29,31)/b28-16-. The Kier molecular flexibility index (Phi) is 6.57. The summed E-state index contributed by atoms with van der Waals surface area (Å²) in [6.45, 7) is 5.28. The Morgan fingerprint density at radius 2 is 1.78 bits per heavy atom. The molecule has 0 aliphatic carbocycles. The van der Waals surface area contributed by atoms with Gasteiger partial charge in [-0.05, 0) is 61.9 Å². The summed E-state index contributed by atoms with van der Waals surface area (Å²) in [5, 5.41) is 6.04. The third-order valence-electron chi connectivity index (χ3n) is 5.32. The lowest BCUT2D eigenvalue weighted by Gasteiger charge is -2.09. The number of nitrogens with zero attached hydrogens (tertiary/aromatic N) is 2. The number of aromatic nitrogens is 1. The first-order valence-electron chi connectivity index (χ1n) is 10.5. The number of benzene rings is 3. The molecule has 1 aromatic heterocycles. The number of hydrogen-bond donors (Lipinski definition) is 1. The van der Waals surface area contributed by atoms with Crippen LogP contribution in [0.5, 0.6) is 5.75 Å². The molecule has 162 valence electrons. The molecule has 6 heteroatoms. The minimum Gasteiger partial charge on any atom is -0.494 e. The summed E-state index contributed by atoms with van der Waals surface area (Å²) in [6, 6.07) is 23.0. The third-order valence-corrected chi connectivity index (χ3v) is 5.57. The summed E-state index contributed by atoms with van der Waals surface area (Å²) in [7, 11) is 0. The highest BCUT2D eigenvalue weighted by molar-refractivity contribution is 6.30. The zero-order chi connectivity index (χ0) is 22.5. The second kappa shape index (κ2) is 9.71. The van der Waals surface area contributed by atoms with Gasteiger partial charge in [0.2, 0.25) is 0 Å². The molecule has 0 bridgehead atoms. The monoisotopic (exact) mass is 445 g/mol. The summed E-state index contributed by atoms with van der Waals surface area (Å²) in [6.07, 6.45) is 1.71. The lowest BCUT2D eigenvalue weighted by atomic mass is 10.1. The molecule has 0 saturated heterocycles. The van der Waals surface area contributed by atoms with Gasteiger partial charge in [-0.15, -0.1) is 0 Å². The van der Waals surface area contributed by atoms with Crippen molar-refractivity contribution in [3.8, 4) is 5.75 Å². The summed E-state index contributed by atoms with van der Waals surface area (Å²) in [4.78, 5) is 12.4. The smallest absolute Gasteiger partial charge is 0.271 e. The van der Waals surface area contributed by atoms with Crippen molar-refractivity contribution in [2.45, 2.75) is 20.4 Å². The van der Waals surface area contributed by atoms with E-state index < -0.39 is 0 Å². The van der Waals surface area contributed by atoms with Gasteiger partial charge in [0.25, 0.3) is 5.91 Å². The minimum atomic E-state index is -0.271. The molecule has 0 saturated carbocycles. The van der Waals surface area contributed by atoms with E-state index >= 15 is 0 Å². The van der Waals surface area contributed by atoms with Crippen LogP contribution in [0, 0.1) is 6.92 Å². The molecule has 4 aromatic rings. The van der Waals surface area contributed by atoms with E-state index in [0.717, 1.165) is 45.0 Å².